The fourth-order valence-electron chi connectivity index (χ4n) is 4.43. The molecule has 0 aliphatic carbocycles. The molecule has 3 unspecified atom stereocenters. The largest absolute Gasteiger partial charge is 0.373 e. The molecule has 0 bridgehead atoms. The molecule has 3 aliphatic rings. The summed E-state index contributed by atoms with van der Waals surface area (Å²) in [5.74, 6) is 1.10. The molecule has 0 spiro atoms. The molecule has 3 atom stereocenters. The zero-order chi connectivity index (χ0) is 16.2. The Morgan fingerprint density at radius 3 is 2.43 bits per heavy atom. The number of rotatable bonds is 4. The average molecular weight is 323 g/mol. The third-order valence-electron chi connectivity index (χ3n) is 5.56. The Balaban J connectivity index is 1.38. The van der Waals surface area contributed by atoms with Crippen molar-refractivity contribution >= 4 is 5.91 Å². The number of morpholine rings is 1. The van der Waals surface area contributed by atoms with Gasteiger partial charge in [-0.15, -0.1) is 0 Å². The van der Waals surface area contributed by atoms with Gasteiger partial charge in [0.05, 0.1) is 12.2 Å². The second kappa shape index (κ2) is 7.95. The molecule has 3 saturated heterocycles. The van der Waals surface area contributed by atoms with Crippen LogP contribution in [0.5, 0.6) is 0 Å². The maximum absolute atomic E-state index is 12.4. The summed E-state index contributed by atoms with van der Waals surface area (Å²) in [6.45, 7) is 10.6. The molecule has 3 fully saturated rings. The summed E-state index contributed by atoms with van der Waals surface area (Å²) in [4.78, 5) is 17.1. The van der Waals surface area contributed by atoms with Crippen LogP contribution in [-0.4, -0.2) is 73.2 Å². The summed E-state index contributed by atoms with van der Waals surface area (Å²) in [5, 5.41) is 3.43. The van der Waals surface area contributed by atoms with Gasteiger partial charge in [0.15, 0.2) is 0 Å². The summed E-state index contributed by atoms with van der Waals surface area (Å²) < 4.78 is 5.82. The van der Waals surface area contributed by atoms with E-state index in [0.717, 1.165) is 57.9 Å². The molecular formula is C18H33N3O2. The Bertz CT molecular complexity index is 380. The first-order valence-corrected chi connectivity index (χ1v) is 9.49. The summed E-state index contributed by atoms with van der Waals surface area (Å²) in [7, 11) is 0. The SMILES string of the molecule is CC1CN(CC2CCN(C(=O)CC3CCCN3)CC2)CC(C)O1. The molecule has 0 aromatic rings. The van der Waals surface area contributed by atoms with E-state index in [9.17, 15) is 4.79 Å². The van der Waals surface area contributed by atoms with Gasteiger partial charge in [-0.2, -0.15) is 0 Å². The van der Waals surface area contributed by atoms with Gasteiger partial charge in [0.25, 0.3) is 0 Å². The summed E-state index contributed by atoms with van der Waals surface area (Å²) in [6.07, 6.45) is 6.09. The normalized spacial score (nSPS) is 34.0. The van der Waals surface area contributed by atoms with Gasteiger partial charge in [-0.25, -0.2) is 0 Å². The van der Waals surface area contributed by atoms with Crippen LogP contribution in [0.4, 0.5) is 0 Å². The lowest BCUT2D eigenvalue weighted by Crippen LogP contribution is -2.49. The zero-order valence-electron chi connectivity index (χ0n) is 14.8. The number of hydrogen-bond acceptors (Lipinski definition) is 4. The van der Waals surface area contributed by atoms with Crippen molar-refractivity contribution in [1.29, 1.82) is 0 Å². The van der Waals surface area contributed by atoms with Gasteiger partial charge in [-0.1, -0.05) is 0 Å². The van der Waals surface area contributed by atoms with Gasteiger partial charge in [-0.3, -0.25) is 9.69 Å². The number of carbonyl (C=O) groups is 1. The number of ether oxygens (including phenoxy) is 1. The highest BCUT2D eigenvalue weighted by Gasteiger charge is 2.29. The molecule has 0 aromatic heterocycles. The van der Waals surface area contributed by atoms with Crippen LogP contribution in [-0.2, 0) is 9.53 Å². The van der Waals surface area contributed by atoms with Crippen molar-refractivity contribution < 1.29 is 9.53 Å². The molecule has 23 heavy (non-hydrogen) atoms. The van der Waals surface area contributed by atoms with Gasteiger partial charge in [0.2, 0.25) is 5.91 Å². The van der Waals surface area contributed by atoms with E-state index >= 15 is 0 Å². The lowest BCUT2D eigenvalue weighted by Gasteiger charge is -2.39. The topological polar surface area (TPSA) is 44.8 Å². The fraction of sp³-hybridized carbons (Fsp3) is 0.944. The molecule has 3 heterocycles. The van der Waals surface area contributed by atoms with Crippen molar-refractivity contribution in [2.75, 3.05) is 39.3 Å². The average Bonchev–Trinajstić information content (AvgIpc) is 3.00. The Labute approximate surface area is 140 Å². The maximum atomic E-state index is 12.4. The third-order valence-corrected chi connectivity index (χ3v) is 5.56. The molecule has 3 aliphatic heterocycles. The van der Waals surface area contributed by atoms with Gasteiger partial charge in [0.1, 0.15) is 0 Å². The van der Waals surface area contributed by atoms with E-state index in [-0.39, 0.29) is 0 Å². The number of amides is 1. The number of nitrogens with zero attached hydrogens (tertiary/aromatic N) is 2. The van der Waals surface area contributed by atoms with E-state index in [1.165, 1.54) is 13.0 Å². The van der Waals surface area contributed by atoms with E-state index in [1.54, 1.807) is 0 Å². The fourth-order valence-corrected chi connectivity index (χ4v) is 4.43. The Kier molecular flexibility index (Phi) is 5.94. The molecule has 5 nitrogen and oxygen atoms in total. The lowest BCUT2D eigenvalue weighted by molar-refractivity contribution is -0.133. The molecule has 5 heteroatoms. The predicted molar refractivity (Wildman–Crippen MR) is 91.4 cm³/mol. The van der Waals surface area contributed by atoms with E-state index < -0.39 is 0 Å². The highest BCUT2D eigenvalue weighted by atomic mass is 16.5. The van der Waals surface area contributed by atoms with Crippen LogP contribution in [0.15, 0.2) is 0 Å². The van der Waals surface area contributed by atoms with Gasteiger partial charge in [0, 0.05) is 45.2 Å². The zero-order valence-corrected chi connectivity index (χ0v) is 14.8. The van der Waals surface area contributed by atoms with Crippen LogP contribution < -0.4 is 5.32 Å². The monoisotopic (exact) mass is 323 g/mol. The van der Waals surface area contributed by atoms with Crippen molar-refractivity contribution in [3.05, 3.63) is 0 Å². The number of piperidine rings is 1. The molecule has 0 aromatic carbocycles. The van der Waals surface area contributed by atoms with Crippen molar-refractivity contribution in [3.63, 3.8) is 0 Å². The number of nitrogens with one attached hydrogen (secondary N) is 1. The molecule has 0 radical (unpaired) electrons. The van der Waals surface area contributed by atoms with Crippen LogP contribution in [0.25, 0.3) is 0 Å². The molecule has 132 valence electrons. The second-order valence-electron chi connectivity index (χ2n) is 7.80. The highest BCUT2D eigenvalue weighted by molar-refractivity contribution is 5.77. The number of carbonyl (C=O) groups excluding carboxylic acids is 1. The van der Waals surface area contributed by atoms with Crippen LogP contribution in [0.1, 0.15) is 46.0 Å². The van der Waals surface area contributed by atoms with E-state index in [4.69, 9.17) is 4.74 Å². The minimum absolute atomic E-state index is 0.347. The summed E-state index contributed by atoms with van der Waals surface area (Å²) >= 11 is 0. The Morgan fingerprint density at radius 2 is 1.83 bits per heavy atom. The van der Waals surface area contributed by atoms with E-state index in [0.29, 0.717) is 30.6 Å². The Morgan fingerprint density at radius 1 is 1.13 bits per heavy atom. The van der Waals surface area contributed by atoms with Crippen LogP contribution in [0, 0.1) is 5.92 Å². The lowest BCUT2D eigenvalue weighted by atomic mass is 9.95. The first-order chi connectivity index (χ1) is 11.1. The molecule has 0 saturated carbocycles. The minimum atomic E-state index is 0.347. The summed E-state index contributed by atoms with van der Waals surface area (Å²) in [5.41, 5.74) is 0. The second-order valence-corrected chi connectivity index (χ2v) is 7.80. The minimum Gasteiger partial charge on any atom is -0.373 e. The standard InChI is InChI=1S/C18H33N3O2/c1-14-11-20(12-15(2)23-14)13-16-5-8-21(9-6-16)18(22)10-17-4-3-7-19-17/h14-17,19H,3-13H2,1-2H3. The highest BCUT2D eigenvalue weighted by Crippen LogP contribution is 2.22. The number of likely N-dealkylation sites (tertiary alicyclic amines) is 1. The van der Waals surface area contributed by atoms with E-state index in [2.05, 4.69) is 29.0 Å². The first kappa shape index (κ1) is 17.2. The van der Waals surface area contributed by atoms with Crippen molar-refractivity contribution in [3.8, 4) is 0 Å². The smallest absolute Gasteiger partial charge is 0.224 e. The quantitative estimate of drug-likeness (QED) is 0.851. The van der Waals surface area contributed by atoms with Gasteiger partial charge < -0.3 is 15.0 Å². The van der Waals surface area contributed by atoms with E-state index in [1.807, 2.05) is 0 Å². The van der Waals surface area contributed by atoms with Gasteiger partial charge >= 0.3 is 0 Å². The molecular weight excluding hydrogens is 290 g/mol. The van der Waals surface area contributed by atoms with Crippen molar-refractivity contribution in [2.45, 2.75) is 64.2 Å². The van der Waals surface area contributed by atoms with Crippen LogP contribution in [0.2, 0.25) is 0 Å². The van der Waals surface area contributed by atoms with Gasteiger partial charge in [-0.05, 0) is 52.0 Å². The third kappa shape index (κ3) is 4.91. The Hall–Kier alpha value is -0.650. The molecule has 3 rings (SSSR count). The maximum Gasteiger partial charge on any atom is 0.224 e. The van der Waals surface area contributed by atoms with Crippen molar-refractivity contribution in [2.24, 2.45) is 5.92 Å². The molecule has 1 N–H and O–H groups in total. The molecule has 1 amide bonds. The summed E-state index contributed by atoms with van der Waals surface area (Å²) in [6, 6.07) is 0.427. The van der Waals surface area contributed by atoms with Crippen LogP contribution >= 0.6 is 0 Å². The van der Waals surface area contributed by atoms with Crippen LogP contribution in [0.3, 0.4) is 0 Å². The predicted octanol–water partition coefficient (Wildman–Crippen LogP) is 1.48. The number of hydrogen-bond donors (Lipinski definition) is 1. The first-order valence-electron chi connectivity index (χ1n) is 9.49. The van der Waals surface area contributed by atoms with Crippen molar-refractivity contribution in [1.82, 2.24) is 15.1 Å².